The zero-order valence-corrected chi connectivity index (χ0v) is 8.46. The molecule has 0 aliphatic carbocycles. The van der Waals surface area contributed by atoms with Gasteiger partial charge in [0.25, 0.3) is 0 Å². The van der Waals surface area contributed by atoms with Gasteiger partial charge >= 0.3 is 5.97 Å². The molecule has 0 aromatic rings. The largest absolute Gasteiger partial charge is 0.463 e. The number of nitrogens with one attached hydrogen (secondary N) is 1. The van der Waals surface area contributed by atoms with Gasteiger partial charge in [-0.05, 0) is 33.4 Å². The van der Waals surface area contributed by atoms with Crippen molar-refractivity contribution in [3.63, 3.8) is 0 Å². The topological polar surface area (TPSA) is 38.3 Å². The van der Waals surface area contributed by atoms with Crippen LogP contribution in [0.3, 0.4) is 0 Å². The molecular weight excluding hydrogens is 166 g/mol. The molecule has 1 rings (SSSR count). The molecule has 1 N–H and O–H groups in total. The maximum absolute atomic E-state index is 11.4. The van der Waals surface area contributed by atoms with Crippen LogP contribution in [0.15, 0.2) is 12.3 Å². The van der Waals surface area contributed by atoms with E-state index in [0.29, 0.717) is 6.61 Å². The number of carbonyl (C=O) groups is 1. The van der Waals surface area contributed by atoms with E-state index < -0.39 is 5.41 Å². The number of hydrogen-bond acceptors (Lipinski definition) is 3. The maximum atomic E-state index is 11.4. The van der Waals surface area contributed by atoms with E-state index in [2.05, 4.69) is 5.32 Å². The molecule has 13 heavy (non-hydrogen) atoms. The van der Waals surface area contributed by atoms with Gasteiger partial charge in [-0.15, -0.1) is 0 Å². The van der Waals surface area contributed by atoms with E-state index in [0.717, 1.165) is 6.42 Å². The number of hydrogen-bond donors (Lipinski definition) is 1. The summed E-state index contributed by atoms with van der Waals surface area (Å²) >= 11 is 0. The summed E-state index contributed by atoms with van der Waals surface area (Å²) in [7, 11) is 0. The second-order valence-electron chi connectivity index (χ2n) is 4.35. The van der Waals surface area contributed by atoms with Crippen molar-refractivity contribution in [2.45, 2.75) is 33.2 Å². The quantitative estimate of drug-likeness (QED) is 0.658. The highest BCUT2D eigenvalue weighted by Crippen LogP contribution is 2.15. The van der Waals surface area contributed by atoms with Crippen molar-refractivity contribution >= 4 is 5.97 Å². The summed E-state index contributed by atoms with van der Waals surface area (Å²) in [5.41, 5.74) is -0.397. The van der Waals surface area contributed by atoms with Crippen LogP contribution in [0, 0.1) is 5.41 Å². The Morgan fingerprint density at radius 2 is 2.31 bits per heavy atom. The zero-order chi connectivity index (χ0) is 9.90. The van der Waals surface area contributed by atoms with Crippen molar-refractivity contribution < 1.29 is 9.53 Å². The Balaban J connectivity index is 2.22. The predicted molar refractivity (Wildman–Crippen MR) is 51.1 cm³/mol. The van der Waals surface area contributed by atoms with Crippen molar-refractivity contribution in [1.29, 1.82) is 0 Å². The molecular formula is C10H17NO2. The van der Waals surface area contributed by atoms with Gasteiger partial charge < -0.3 is 10.1 Å². The third-order valence-electron chi connectivity index (χ3n) is 1.90. The van der Waals surface area contributed by atoms with Crippen molar-refractivity contribution in [2.24, 2.45) is 5.41 Å². The van der Waals surface area contributed by atoms with Crippen molar-refractivity contribution in [2.75, 3.05) is 6.61 Å². The van der Waals surface area contributed by atoms with Crippen molar-refractivity contribution in [1.82, 2.24) is 5.32 Å². The van der Waals surface area contributed by atoms with Crippen molar-refractivity contribution in [3.05, 3.63) is 12.3 Å². The summed E-state index contributed by atoms with van der Waals surface area (Å²) in [6.07, 6.45) is 4.88. The van der Waals surface area contributed by atoms with Gasteiger partial charge in [-0.25, -0.2) is 0 Å². The van der Waals surface area contributed by atoms with Crippen LogP contribution in [0.1, 0.15) is 27.2 Å². The number of rotatable bonds is 2. The highest BCUT2D eigenvalue weighted by atomic mass is 16.5. The normalized spacial score (nSPS) is 21.3. The molecule has 3 heteroatoms. The molecule has 0 saturated heterocycles. The molecule has 0 aromatic carbocycles. The van der Waals surface area contributed by atoms with E-state index in [1.807, 2.05) is 33.0 Å². The fourth-order valence-corrected chi connectivity index (χ4v) is 1.01. The van der Waals surface area contributed by atoms with Crippen LogP contribution >= 0.6 is 0 Å². The molecule has 0 spiro atoms. The van der Waals surface area contributed by atoms with Gasteiger partial charge in [-0.2, -0.15) is 0 Å². The number of ether oxygens (including phenoxy) is 1. The molecule has 0 fully saturated rings. The Kier molecular flexibility index (Phi) is 2.96. The lowest BCUT2D eigenvalue weighted by molar-refractivity contribution is -0.153. The summed E-state index contributed by atoms with van der Waals surface area (Å²) in [5.74, 6) is -0.138. The highest BCUT2D eigenvalue weighted by Gasteiger charge is 2.24. The third-order valence-corrected chi connectivity index (χ3v) is 1.90. The van der Waals surface area contributed by atoms with Crippen LogP contribution in [0.5, 0.6) is 0 Å². The average Bonchev–Trinajstić information content (AvgIpc) is 2.50. The van der Waals surface area contributed by atoms with E-state index >= 15 is 0 Å². The Morgan fingerprint density at radius 1 is 1.62 bits per heavy atom. The maximum Gasteiger partial charge on any atom is 0.311 e. The molecule has 1 aliphatic rings. The molecule has 3 nitrogen and oxygen atoms in total. The van der Waals surface area contributed by atoms with Crippen LogP contribution < -0.4 is 5.32 Å². The first-order valence-electron chi connectivity index (χ1n) is 4.58. The molecule has 0 aromatic heterocycles. The molecule has 1 atom stereocenters. The van der Waals surface area contributed by atoms with Crippen LogP contribution in [0.2, 0.25) is 0 Å². The minimum absolute atomic E-state index is 0.138. The van der Waals surface area contributed by atoms with Gasteiger partial charge in [0, 0.05) is 0 Å². The van der Waals surface area contributed by atoms with Gasteiger partial charge in [0.2, 0.25) is 0 Å². The van der Waals surface area contributed by atoms with Gasteiger partial charge in [-0.3, -0.25) is 4.79 Å². The first kappa shape index (κ1) is 10.1. The second-order valence-corrected chi connectivity index (χ2v) is 4.35. The Hall–Kier alpha value is -0.990. The minimum atomic E-state index is -0.397. The average molecular weight is 183 g/mol. The summed E-state index contributed by atoms with van der Waals surface area (Å²) in [6, 6.07) is 0.270. The lowest BCUT2D eigenvalue weighted by Crippen LogP contribution is -2.31. The zero-order valence-electron chi connectivity index (χ0n) is 8.46. The molecule has 0 radical (unpaired) electrons. The van der Waals surface area contributed by atoms with E-state index in [1.54, 1.807) is 0 Å². The van der Waals surface area contributed by atoms with Gasteiger partial charge in [0.05, 0.1) is 11.5 Å². The molecule has 1 aliphatic heterocycles. The van der Waals surface area contributed by atoms with Crippen LogP contribution in [-0.4, -0.2) is 18.6 Å². The van der Waals surface area contributed by atoms with Gasteiger partial charge in [0.15, 0.2) is 0 Å². The Bertz CT molecular complexity index is 207. The Labute approximate surface area is 79.2 Å². The lowest BCUT2D eigenvalue weighted by Gasteiger charge is -2.18. The summed E-state index contributed by atoms with van der Waals surface area (Å²) in [6.45, 7) is 6.03. The van der Waals surface area contributed by atoms with Crippen LogP contribution in [0.4, 0.5) is 0 Å². The van der Waals surface area contributed by atoms with Crippen LogP contribution in [-0.2, 0) is 9.53 Å². The number of carbonyl (C=O) groups excluding carboxylic acids is 1. The molecule has 0 unspecified atom stereocenters. The third kappa shape index (κ3) is 3.09. The SMILES string of the molecule is CC(C)(C)C(=O)OC[C@@H]1CC=CN1. The predicted octanol–water partition coefficient (Wildman–Crippen LogP) is 1.45. The smallest absolute Gasteiger partial charge is 0.311 e. The molecule has 0 amide bonds. The van der Waals surface area contributed by atoms with Gasteiger partial charge in [0.1, 0.15) is 6.61 Å². The van der Waals surface area contributed by atoms with E-state index in [-0.39, 0.29) is 12.0 Å². The lowest BCUT2D eigenvalue weighted by atomic mass is 9.97. The van der Waals surface area contributed by atoms with Gasteiger partial charge in [-0.1, -0.05) is 6.08 Å². The molecule has 0 saturated carbocycles. The monoisotopic (exact) mass is 183 g/mol. The first-order chi connectivity index (χ1) is 6.00. The number of esters is 1. The first-order valence-corrected chi connectivity index (χ1v) is 4.58. The summed E-state index contributed by atoms with van der Waals surface area (Å²) in [4.78, 5) is 11.4. The van der Waals surface area contributed by atoms with E-state index in [9.17, 15) is 4.79 Å². The second kappa shape index (κ2) is 3.81. The fraction of sp³-hybridized carbons (Fsp3) is 0.700. The van der Waals surface area contributed by atoms with Crippen LogP contribution in [0.25, 0.3) is 0 Å². The Morgan fingerprint density at radius 3 is 2.77 bits per heavy atom. The fourth-order valence-electron chi connectivity index (χ4n) is 1.01. The standard InChI is InChI=1S/C10H17NO2/c1-10(2,3)9(12)13-7-8-5-4-6-11-8/h4,6,8,11H,5,7H2,1-3H3/t8-/m0/s1. The summed E-state index contributed by atoms with van der Waals surface area (Å²) in [5, 5.41) is 3.11. The summed E-state index contributed by atoms with van der Waals surface area (Å²) < 4.78 is 5.15. The highest BCUT2D eigenvalue weighted by molar-refractivity contribution is 5.75. The molecule has 0 bridgehead atoms. The van der Waals surface area contributed by atoms with E-state index in [4.69, 9.17) is 4.74 Å². The molecule has 1 heterocycles. The van der Waals surface area contributed by atoms with E-state index in [1.165, 1.54) is 0 Å². The molecule has 74 valence electrons. The minimum Gasteiger partial charge on any atom is -0.463 e. The van der Waals surface area contributed by atoms with Crippen molar-refractivity contribution in [3.8, 4) is 0 Å².